The standard InChI is InChI=1S/C13H14N2/c1-8(2)12-9(3)4-5-11-13(12)10(6-14)7-15-11/h4-5,7-8,15H,1-3H3. The third-order valence-corrected chi connectivity index (χ3v) is 2.80. The van der Waals surface area contributed by atoms with Gasteiger partial charge in [-0.1, -0.05) is 19.9 Å². The number of fused-ring (bicyclic) bond motifs is 1. The molecule has 1 heterocycles. The number of hydrogen-bond acceptors (Lipinski definition) is 1. The second-order valence-electron chi connectivity index (χ2n) is 4.19. The summed E-state index contributed by atoms with van der Waals surface area (Å²) in [6, 6.07) is 6.39. The smallest absolute Gasteiger partial charge is 0.101 e. The predicted molar refractivity (Wildman–Crippen MR) is 61.8 cm³/mol. The van der Waals surface area contributed by atoms with E-state index in [1.165, 1.54) is 11.1 Å². The Kier molecular flexibility index (Phi) is 2.24. The Balaban J connectivity index is 2.90. The minimum atomic E-state index is 0.441. The Labute approximate surface area is 89.5 Å². The molecule has 0 amide bonds. The second kappa shape index (κ2) is 3.43. The number of nitrogens with one attached hydrogen (secondary N) is 1. The molecule has 0 saturated carbocycles. The van der Waals surface area contributed by atoms with E-state index in [1.807, 2.05) is 6.07 Å². The average Bonchev–Trinajstić information content (AvgIpc) is 2.59. The van der Waals surface area contributed by atoms with Crippen molar-refractivity contribution in [3.8, 4) is 6.07 Å². The molecule has 76 valence electrons. The van der Waals surface area contributed by atoms with E-state index in [-0.39, 0.29) is 0 Å². The molecular formula is C13H14N2. The van der Waals surface area contributed by atoms with Crippen LogP contribution in [0.1, 0.15) is 36.5 Å². The normalized spacial score (nSPS) is 10.9. The zero-order valence-corrected chi connectivity index (χ0v) is 9.26. The Morgan fingerprint density at radius 1 is 1.33 bits per heavy atom. The van der Waals surface area contributed by atoms with E-state index in [0.29, 0.717) is 5.92 Å². The van der Waals surface area contributed by atoms with Crippen LogP contribution in [0, 0.1) is 18.3 Å². The van der Waals surface area contributed by atoms with Crippen molar-refractivity contribution in [2.45, 2.75) is 26.7 Å². The Morgan fingerprint density at radius 3 is 2.67 bits per heavy atom. The summed E-state index contributed by atoms with van der Waals surface area (Å²) < 4.78 is 0. The van der Waals surface area contributed by atoms with Gasteiger partial charge in [0.2, 0.25) is 0 Å². The number of nitrogens with zero attached hydrogens (tertiary/aromatic N) is 1. The van der Waals surface area contributed by atoms with E-state index in [0.717, 1.165) is 16.5 Å². The van der Waals surface area contributed by atoms with Crippen LogP contribution in [0.15, 0.2) is 18.3 Å². The lowest BCUT2D eigenvalue weighted by Gasteiger charge is -2.11. The molecule has 2 heteroatoms. The van der Waals surface area contributed by atoms with E-state index < -0.39 is 0 Å². The molecule has 1 N–H and O–H groups in total. The topological polar surface area (TPSA) is 39.6 Å². The molecule has 0 aliphatic carbocycles. The van der Waals surface area contributed by atoms with Crippen molar-refractivity contribution in [3.63, 3.8) is 0 Å². The fourth-order valence-electron chi connectivity index (χ4n) is 2.19. The predicted octanol–water partition coefficient (Wildman–Crippen LogP) is 3.47. The zero-order chi connectivity index (χ0) is 11.0. The van der Waals surface area contributed by atoms with Gasteiger partial charge in [0.15, 0.2) is 0 Å². The molecule has 15 heavy (non-hydrogen) atoms. The summed E-state index contributed by atoms with van der Waals surface area (Å²) in [7, 11) is 0. The molecule has 0 unspecified atom stereocenters. The fourth-order valence-corrected chi connectivity index (χ4v) is 2.19. The highest BCUT2D eigenvalue weighted by Crippen LogP contribution is 2.30. The molecule has 0 bridgehead atoms. The minimum Gasteiger partial charge on any atom is -0.360 e. The maximum atomic E-state index is 9.05. The largest absolute Gasteiger partial charge is 0.360 e. The summed E-state index contributed by atoms with van der Waals surface area (Å²) in [6.45, 7) is 6.43. The lowest BCUT2D eigenvalue weighted by molar-refractivity contribution is 0.866. The van der Waals surface area contributed by atoms with Crippen molar-refractivity contribution in [1.29, 1.82) is 5.26 Å². The second-order valence-corrected chi connectivity index (χ2v) is 4.19. The van der Waals surface area contributed by atoms with Gasteiger partial charge < -0.3 is 4.98 Å². The third-order valence-electron chi connectivity index (χ3n) is 2.80. The summed E-state index contributed by atoms with van der Waals surface area (Å²) in [5.74, 6) is 0.441. The summed E-state index contributed by atoms with van der Waals surface area (Å²) >= 11 is 0. The van der Waals surface area contributed by atoms with Gasteiger partial charge in [-0.05, 0) is 30.0 Å². The number of hydrogen-bond donors (Lipinski definition) is 1. The van der Waals surface area contributed by atoms with Crippen molar-refractivity contribution < 1.29 is 0 Å². The molecule has 0 saturated heterocycles. The van der Waals surface area contributed by atoms with Crippen molar-refractivity contribution in [2.24, 2.45) is 0 Å². The summed E-state index contributed by atoms with van der Waals surface area (Å²) in [4.78, 5) is 3.14. The van der Waals surface area contributed by atoms with E-state index in [4.69, 9.17) is 5.26 Å². The minimum absolute atomic E-state index is 0.441. The van der Waals surface area contributed by atoms with Crippen LogP contribution in [0.25, 0.3) is 10.9 Å². The first-order chi connectivity index (χ1) is 7.15. The van der Waals surface area contributed by atoms with E-state index in [2.05, 4.69) is 37.9 Å². The van der Waals surface area contributed by atoms with Gasteiger partial charge in [0, 0.05) is 17.1 Å². The van der Waals surface area contributed by atoms with Gasteiger partial charge in [-0.3, -0.25) is 0 Å². The monoisotopic (exact) mass is 198 g/mol. The van der Waals surface area contributed by atoms with Gasteiger partial charge in [0.05, 0.1) is 5.56 Å². The van der Waals surface area contributed by atoms with Crippen molar-refractivity contribution in [1.82, 2.24) is 4.98 Å². The van der Waals surface area contributed by atoms with Crippen molar-refractivity contribution >= 4 is 10.9 Å². The van der Waals surface area contributed by atoms with E-state index in [9.17, 15) is 0 Å². The molecule has 1 aromatic heterocycles. The summed E-state index contributed by atoms with van der Waals surface area (Å²) in [5.41, 5.74) is 4.34. The Morgan fingerprint density at radius 2 is 2.07 bits per heavy atom. The number of aromatic nitrogens is 1. The van der Waals surface area contributed by atoms with Gasteiger partial charge in [0.25, 0.3) is 0 Å². The fraction of sp³-hybridized carbons (Fsp3) is 0.308. The molecular weight excluding hydrogens is 184 g/mol. The lowest BCUT2D eigenvalue weighted by Crippen LogP contribution is -1.93. The van der Waals surface area contributed by atoms with Crippen LogP contribution in [0.4, 0.5) is 0 Å². The molecule has 2 nitrogen and oxygen atoms in total. The van der Waals surface area contributed by atoms with Crippen LogP contribution in [0.5, 0.6) is 0 Å². The number of nitriles is 1. The van der Waals surface area contributed by atoms with Crippen molar-refractivity contribution in [2.75, 3.05) is 0 Å². The highest BCUT2D eigenvalue weighted by molar-refractivity contribution is 5.90. The number of H-pyrrole nitrogens is 1. The highest BCUT2D eigenvalue weighted by atomic mass is 14.7. The average molecular weight is 198 g/mol. The van der Waals surface area contributed by atoms with Gasteiger partial charge in [-0.15, -0.1) is 0 Å². The molecule has 0 atom stereocenters. The van der Waals surface area contributed by atoms with E-state index >= 15 is 0 Å². The highest BCUT2D eigenvalue weighted by Gasteiger charge is 2.13. The van der Waals surface area contributed by atoms with Crippen LogP contribution in [-0.4, -0.2) is 4.98 Å². The molecule has 1 aromatic carbocycles. The van der Waals surface area contributed by atoms with Gasteiger partial charge in [0.1, 0.15) is 6.07 Å². The SMILES string of the molecule is Cc1ccc2[nH]cc(C#N)c2c1C(C)C. The third kappa shape index (κ3) is 1.41. The molecule has 0 fully saturated rings. The Hall–Kier alpha value is -1.75. The molecule has 2 aromatic rings. The van der Waals surface area contributed by atoms with E-state index in [1.54, 1.807) is 6.20 Å². The molecule has 0 aliphatic heterocycles. The van der Waals surface area contributed by atoms with Gasteiger partial charge in [-0.2, -0.15) is 5.26 Å². The lowest BCUT2D eigenvalue weighted by atomic mass is 9.93. The first-order valence-corrected chi connectivity index (χ1v) is 5.16. The summed E-state index contributed by atoms with van der Waals surface area (Å²) in [5, 5.41) is 10.1. The first kappa shape index (κ1) is 9.79. The maximum absolute atomic E-state index is 9.05. The van der Waals surface area contributed by atoms with Gasteiger partial charge in [-0.25, -0.2) is 0 Å². The number of benzene rings is 1. The van der Waals surface area contributed by atoms with Crippen LogP contribution in [0.2, 0.25) is 0 Å². The molecule has 0 aliphatic rings. The number of aryl methyl sites for hydroxylation is 1. The molecule has 2 rings (SSSR count). The first-order valence-electron chi connectivity index (χ1n) is 5.16. The van der Waals surface area contributed by atoms with Crippen LogP contribution >= 0.6 is 0 Å². The molecule has 0 radical (unpaired) electrons. The Bertz CT molecular complexity index is 541. The number of rotatable bonds is 1. The quantitative estimate of drug-likeness (QED) is 0.748. The van der Waals surface area contributed by atoms with Crippen molar-refractivity contribution in [3.05, 3.63) is 35.0 Å². The van der Waals surface area contributed by atoms with Crippen LogP contribution < -0.4 is 0 Å². The summed E-state index contributed by atoms with van der Waals surface area (Å²) in [6.07, 6.45) is 1.79. The zero-order valence-electron chi connectivity index (χ0n) is 9.26. The molecule has 0 spiro atoms. The van der Waals surface area contributed by atoms with Gasteiger partial charge >= 0.3 is 0 Å². The van der Waals surface area contributed by atoms with Crippen LogP contribution in [0.3, 0.4) is 0 Å². The number of aromatic amines is 1. The van der Waals surface area contributed by atoms with Crippen LogP contribution in [-0.2, 0) is 0 Å². The maximum Gasteiger partial charge on any atom is 0.101 e.